The van der Waals surface area contributed by atoms with Crippen molar-refractivity contribution in [1.82, 2.24) is 4.98 Å². The van der Waals surface area contributed by atoms with Crippen molar-refractivity contribution in [2.45, 2.75) is 19.3 Å². The third-order valence-corrected chi connectivity index (χ3v) is 10.1. The largest absolute Gasteiger partial charge is 0.256 e. The molecule has 1 aliphatic carbocycles. The maximum Gasteiger partial charge on any atom is 0.0702 e. The van der Waals surface area contributed by atoms with Crippen molar-refractivity contribution in [2.75, 3.05) is 0 Å². The Hall–Kier alpha value is -5.79. The second-order valence-corrected chi connectivity index (χ2v) is 13.1. The van der Waals surface area contributed by atoms with Crippen LogP contribution in [0.25, 0.3) is 77.3 Å². The van der Waals surface area contributed by atoms with Gasteiger partial charge in [0, 0.05) is 22.7 Å². The first-order valence-electron chi connectivity index (χ1n) is 16.4. The Morgan fingerprint density at radius 1 is 0.383 bits per heavy atom. The van der Waals surface area contributed by atoms with Crippen LogP contribution in [-0.2, 0) is 5.41 Å². The lowest BCUT2D eigenvalue weighted by atomic mass is 9.81. The number of hydrogen-bond acceptors (Lipinski definition) is 1. The Morgan fingerprint density at radius 3 is 1.53 bits per heavy atom. The normalized spacial score (nSPS) is 13.1. The lowest BCUT2D eigenvalue weighted by Gasteiger charge is -2.22. The highest BCUT2D eigenvalue weighted by atomic mass is 14.7. The fraction of sp³-hybridized carbons (Fsp3) is 0.0652. The van der Waals surface area contributed by atoms with Crippen molar-refractivity contribution in [3.05, 3.63) is 175 Å². The van der Waals surface area contributed by atoms with E-state index in [0.717, 1.165) is 16.8 Å². The molecule has 0 atom stereocenters. The quantitative estimate of drug-likeness (QED) is 0.183. The van der Waals surface area contributed by atoms with E-state index in [1.165, 1.54) is 71.6 Å². The van der Waals surface area contributed by atoms with Gasteiger partial charge in [0.15, 0.2) is 0 Å². The predicted octanol–water partition coefficient (Wildman–Crippen LogP) is 12.4. The van der Waals surface area contributed by atoms with Crippen molar-refractivity contribution in [3.63, 3.8) is 0 Å². The molecule has 222 valence electrons. The molecule has 0 unspecified atom stereocenters. The lowest BCUT2D eigenvalue weighted by molar-refractivity contribution is 0.660. The average molecular weight is 600 g/mol. The molecule has 8 aromatic rings. The van der Waals surface area contributed by atoms with E-state index in [1.54, 1.807) is 0 Å². The van der Waals surface area contributed by atoms with Gasteiger partial charge < -0.3 is 0 Å². The summed E-state index contributed by atoms with van der Waals surface area (Å²) in [4.78, 5) is 5.01. The van der Waals surface area contributed by atoms with Crippen molar-refractivity contribution < 1.29 is 0 Å². The first kappa shape index (κ1) is 27.5. The SMILES string of the molecule is CC1(C)c2ccccc2-c2ccc(-c3ccc(-c4ccc(-c5c6ccccc6c(-c6ccccc6)c6ccccc56)cn4)cc3)cc21. The zero-order chi connectivity index (χ0) is 31.5. The van der Waals surface area contributed by atoms with Gasteiger partial charge in [0.25, 0.3) is 0 Å². The highest BCUT2D eigenvalue weighted by molar-refractivity contribution is 6.21. The van der Waals surface area contributed by atoms with Crippen LogP contribution in [0.15, 0.2) is 164 Å². The Balaban J connectivity index is 1.08. The summed E-state index contributed by atoms with van der Waals surface area (Å²) in [7, 11) is 0. The zero-order valence-electron chi connectivity index (χ0n) is 26.5. The van der Waals surface area contributed by atoms with Gasteiger partial charge in [0.05, 0.1) is 5.69 Å². The number of benzene rings is 7. The van der Waals surface area contributed by atoms with E-state index in [1.807, 2.05) is 6.20 Å². The minimum Gasteiger partial charge on any atom is -0.256 e. The average Bonchev–Trinajstić information content (AvgIpc) is 3.36. The highest BCUT2D eigenvalue weighted by Crippen LogP contribution is 2.49. The van der Waals surface area contributed by atoms with Gasteiger partial charge in [-0.1, -0.05) is 159 Å². The van der Waals surface area contributed by atoms with E-state index in [9.17, 15) is 0 Å². The highest BCUT2D eigenvalue weighted by Gasteiger charge is 2.35. The Morgan fingerprint density at radius 2 is 0.894 bits per heavy atom. The summed E-state index contributed by atoms with van der Waals surface area (Å²) < 4.78 is 0. The van der Waals surface area contributed by atoms with E-state index < -0.39 is 0 Å². The molecule has 1 aliphatic rings. The van der Waals surface area contributed by atoms with Crippen LogP contribution in [0.5, 0.6) is 0 Å². The van der Waals surface area contributed by atoms with E-state index in [2.05, 4.69) is 172 Å². The van der Waals surface area contributed by atoms with Crippen LogP contribution in [-0.4, -0.2) is 4.98 Å². The first-order valence-corrected chi connectivity index (χ1v) is 16.4. The van der Waals surface area contributed by atoms with Crippen LogP contribution in [0.1, 0.15) is 25.0 Å². The Bertz CT molecular complexity index is 2390. The molecule has 0 spiro atoms. The van der Waals surface area contributed by atoms with Gasteiger partial charge in [-0.15, -0.1) is 0 Å². The standard InChI is InChI=1S/C46H33N/c1-46(2)41-19-11-10-14-35(41)36-26-24-33(28-42(36)46)30-20-22-31(23-21-30)43-27-25-34(29-47-43)45-39-17-8-6-15-37(39)44(32-12-4-3-5-13-32)38-16-7-9-18-40(38)45/h3-29H,1-2H3. The molecule has 9 rings (SSSR count). The third kappa shape index (κ3) is 4.35. The van der Waals surface area contributed by atoms with Crippen molar-refractivity contribution >= 4 is 21.5 Å². The van der Waals surface area contributed by atoms with Crippen LogP contribution in [0.3, 0.4) is 0 Å². The first-order chi connectivity index (χ1) is 23.1. The molecular formula is C46H33N. The number of hydrogen-bond donors (Lipinski definition) is 0. The minimum absolute atomic E-state index is 0.00788. The van der Waals surface area contributed by atoms with E-state index in [4.69, 9.17) is 4.98 Å². The Labute approximate surface area is 275 Å². The molecule has 1 nitrogen and oxygen atoms in total. The number of pyridine rings is 1. The molecule has 7 aromatic carbocycles. The fourth-order valence-electron chi connectivity index (χ4n) is 7.79. The second-order valence-electron chi connectivity index (χ2n) is 13.1. The molecule has 0 fully saturated rings. The number of nitrogens with zero attached hydrogens (tertiary/aromatic N) is 1. The van der Waals surface area contributed by atoms with Crippen molar-refractivity contribution in [2.24, 2.45) is 0 Å². The molecule has 0 aliphatic heterocycles. The van der Waals surface area contributed by atoms with Gasteiger partial charge >= 0.3 is 0 Å². The monoisotopic (exact) mass is 599 g/mol. The second kappa shape index (κ2) is 10.6. The number of aromatic nitrogens is 1. The van der Waals surface area contributed by atoms with Gasteiger partial charge in [-0.05, 0) is 83.7 Å². The van der Waals surface area contributed by atoms with Crippen molar-refractivity contribution in [3.8, 4) is 55.8 Å². The molecule has 1 aromatic heterocycles. The predicted molar refractivity (Wildman–Crippen MR) is 199 cm³/mol. The number of fused-ring (bicyclic) bond motifs is 5. The van der Waals surface area contributed by atoms with Crippen LogP contribution < -0.4 is 0 Å². The molecule has 47 heavy (non-hydrogen) atoms. The Kier molecular flexibility index (Phi) is 6.23. The maximum absolute atomic E-state index is 5.01. The summed E-state index contributed by atoms with van der Waals surface area (Å²) >= 11 is 0. The number of rotatable bonds is 4. The summed E-state index contributed by atoms with van der Waals surface area (Å²) in [6, 6.07) is 57.3. The van der Waals surface area contributed by atoms with Crippen LogP contribution in [0.4, 0.5) is 0 Å². The smallest absolute Gasteiger partial charge is 0.0702 e. The van der Waals surface area contributed by atoms with Gasteiger partial charge in [-0.2, -0.15) is 0 Å². The fourth-order valence-corrected chi connectivity index (χ4v) is 7.79. The summed E-state index contributed by atoms with van der Waals surface area (Å²) in [5, 5.41) is 4.99. The summed E-state index contributed by atoms with van der Waals surface area (Å²) in [6.45, 7) is 4.67. The van der Waals surface area contributed by atoms with Gasteiger partial charge in [-0.25, -0.2) is 0 Å². The summed E-state index contributed by atoms with van der Waals surface area (Å²) in [6.07, 6.45) is 2.04. The third-order valence-electron chi connectivity index (χ3n) is 10.1. The van der Waals surface area contributed by atoms with Gasteiger partial charge in [0.1, 0.15) is 0 Å². The van der Waals surface area contributed by atoms with Crippen molar-refractivity contribution in [1.29, 1.82) is 0 Å². The van der Waals surface area contributed by atoms with E-state index in [-0.39, 0.29) is 5.41 Å². The zero-order valence-corrected chi connectivity index (χ0v) is 26.5. The van der Waals surface area contributed by atoms with Crippen LogP contribution >= 0.6 is 0 Å². The minimum atomic E-state index is -0.00788. The van der Waals surface area contributed by atoms with Crippen LogP contribution in [0.2, 0.25) is 0 Å². The molecule has 0 N–H and O–H groups in total. The molecule has 1 heteroatoms. The maximum atomic E-state index is 5.01. The summed E-state index contributed by atoms with van der Waals surface area (Å²) in [5.41, 5.74) is 14.9. The molecule has 0 amide bonds. The molecular weight excluding hydrogens is 567 g/mol. The van der Waals surface area contributed by atoms with E-state index in [0.29, 0.717) is 0 Å². The molecule has 0 saturated heterocycles. The van der Waals surface area contributed by atoms with Gasteiger partial charge in [-0.3, -0.25) is 4.98 Å². The molecule has 0 saturated carbocycles. The molecule has 1 heterocycles. The molecule has 0 radical (unpaired) electrons. The van der Waals surface area contributed by atoms with Crippen LogP contribution in [0, 0.1) is 0 Å². The van der Waals surface area contributed by atoms with Gasteiger partial charge in [0.2, 0.25) is 0 Å². The molecule has 0 bridgehead atoms. The summed E-state index contributed by atoms with van der Waals surface area (Å²) in [5.74, 6) is 0. The topological polar surface area (TPSA) is 12.9 Å². The van der Waals surface area contributed by atoms with E-state index >= 15 is 0 Å². The lowest BCUT2D eigenvalue weighted by Crippen LogP contribution is -2.14.